The zero-order valence-electron chi connectivity index (χ0n) is 19.2. The van der Waals surface area contributed by atoms with Crippen molar-refractivity contribution >= 4 is 5.82 Å². The summed E-state index contributed by atoms with van der Waals surface area (Å²) in [7, 11) is 7.67. The molecule has 2 aromatic carbocycles. The topological polar surface area (TPSA) is 65.4 Å². The molecule has 168 valence electrons. The van der Waals surface area contributed by atoms with Gasteiger partial charge in [0.1, 0.15) is 12.4 Å². The molecule has 1 N–H and O–H groups in total. The van der Waals surface area contributed by atoms with Crippen LogP contribution in [0.5, 0.6) is 11.5 Å². The van der Waals surface area contributed by atoms with Gasteiger partial charge in [-0.2, -0.15) is 4.98 Å². The molecule has 3 aromatic rings. The summed E-state index contributed by atoms with van der Waals surface area (Å²) < 4.78 is 13.5. The van der Waals surface area contributed by atoms with E-state index in [1.54, 1.807) is 18.8 Å². The van der Waals surface area contributed by atoms with Crippen LogP contribution >= 0.6 is 0 Å². The van der Waals surface area contributed by atoms with Gasteiger partial charge in [0, 0.05) is 23.7 Å². The molecular formula is C25H31N4O3+. The van der Waals surface area contributed by atoms with Crippen molar-refractivity contribution in [3.05, 3.63) is 70.1 Å². The summed E-state index contributed by atoms with van der Waals surface area (Å²) in [6, 6.07) is 16.4. The number of aryl methyl sites for hydroxylation is 1. The molecule has 7 nitrogen and oxygen atoms in total. The van der Waals surface area contributed by atoms with Crippen LogP contribution < -0.4 is 20.5 Å². The highest BCUT2D eigenvalue weighted by Crippen LogP contribution is 2.38. The molecule has 0 amide bonds. The lowest BCUT2D eigenvalue weighted by atomic mass is 9.97. The van der Waals surface area contributed by atoms with E-state index in [-0.39, 0.29) is 5.69 Å². The van der Waals surface area contributed by atoms with Crippen LogP contribution in [-0.2, 0) is 19.5 Å². The second-order valence-corrected chi connectivity index (χ2v) is 8.80. The average molecular weight is 436 g/mol. The molecule has 0 radical (unpaired) electrons. The van der Waals surface area contributed by atoms with E-state index in [2.05, 4.69) is 48.7 Å². The Morgan fingerprint density at radius 2 is 1.78 bits per heavy atom. The quantitative estimate of drug-likeness (QED) is 0.551. The van der Waals surface area contributed by atoms with Crippen LogP contribution in [-0.4, -0.2) is 55.4 Å². The number of methoxy groups -OCH3 is 2. The summed E-state index contributed by atoms with van der Waals surface area (Å²) in [5.74, 6) is 1.95. The Labute approximate surface area is 188 Å². The Bertz CT molecular complexity index is 1160. The third kappa shape index (κ3) is 4.62. The van der Waals surface area contributed by atoms with E-state index in [0.717, 1.165) is 40.8 Å². The Morgan fingerprint density at radius 1 is 1.06 bits per heavy atom. The van der Waals surface area contributed by atoms with Crippen molar-refractivity contribution < 1.29 is 14.0 Å². The lowest BCUT2D eigenvalue weighted by molar-refractivity contribution is -0.902. The molecule has 0 aliphatic carbocycles. The Kier molecular flexibility index (Phi) is 6.19. The molecule has 1 aliphatic rings. The van der Waals surface area contributed by atoms with E-state index < -0.39 is 0 Å². The summed E-state index contributed by atoms with van der Waals surface area (Å²) in [6.45, 7) is 3.16. The standard InChI is InChI=1S/C25H30N4O3/c1-29(2,17-18-8-6-5-7-9-18)13-11-26-24-16-21-20-15-23(32-4)22(31-3)14-19(20)10-12-28(21)25(30)27-24/h5-9,14-16H,10-13,17H2,1-4H3/p+1. The first-order valence-corrected chi connectivity index (χ1v) is 10.9. The molecule has 1 aromatic heterocycles. The first kappa shape index (κ1) is 21.9. The van der Waals surface area contributed by atoms with Gasteiger partial charge in [0.15, 0.2) is 11.5 Å². The fraction of sp³-hybridized carbons (Fsp3) is 0.360. The largest absolute Gasteiger partial charge is 0.493 e. The monoisotopic (exact) mass is 435 g/mol. The number of hydrogen-bond acceptors (Lipinski definition) is 5. The third-order valence-electron chi connectivity index (χ3n) is 5.98. The zero-order chi connectivity index (χ0) is 22.7. The molecule has 0 saturated carbocycles. The normalized spacial score (nSPS) is 12.6. The fourth-order valence-corrected chi connectivity index (χ4v) is 4.28. The lowest BCUT2D eigenvalue weighted by Gasteiger charge is -2.30. The van der Waals surface area contributed by atoms with Crippen molar-refractivity contribution in [3.8, 4) is 22.8 Å². The van der Waals surface area contributed by atoms with Crippen molar-refractivity contribution in [1.82, 2.24) is 9.55 Å². The minimum atomic E-state index is -0.233. The molecule has 0 bridgehead atoms. The zero-order valence-corrected chi connectivity index (χ0v) is 19.2. The van der Waals surface area contributed by atoms with Crippen LogP contribution in [0.2, 0.25) is 0 Å². The van der Waals surface area contributed by atoms with Gasteiger partial charge < -0.3 is 19.3 Å². The van der Waals surface area contributed by atoms with Crippen molar-refractivity contribution in [3.63, 3.8) is 0 Å². The first-order chi connectivity index (χ1) is 15.4. The van der Waals surface area contributed by atoms with Gasteiger partial charge in [0.2, 0.25) is 0 Å². The first-order valence-electron chi connectivity index (χ1n) is 10.9. The van der Waals surface area contributed by atoms with Gasteiger partial charge in [-0.25, -0.2) is 4.79 Å². The molecule has 0 saturated heterocycles. The number of likely N-dealkylation sites (N-methyl/N-ethyl adjacent to an activating group) is 1. The van der Waals surface area contributed by atoms with Crippen molar-refractivity contribution in [2.24, 2.45) is 0 Å². The SMILES string of the molecule is COc1cc2c(cc1OC)-c1cc(NCC[N+](C)(C)Cc3ccccc3)nc(=O)n1CC2. The average Bonchev–Trinajstić information content (AvgIpc) is 2.78. The summed E-state index contributed by atoms with van der Waals surface area (Å²) in [6.07, 6.45) is 0.752. The predicted octanol–water partition coefficient (Wildman–Crippen LogP) is 3.17. The number of hydrogen-bond donors (Lipinski definition) is 1. The number of nitrogens with one attached hydrogen (secondary N) is 1. The number of fused-ring (bicyclic) bond motifs is 3. The molecule has 4 rings (SSSR count). The molecule has 7 heteroatoms. The van der Waals surface area contributed by atoms with Gasteiger partial charge in [-0.15, -0.1) is 0 Å². The molecule has 1 aliphatic heterocycles. The molecule has 0 unspecified atom stereocenters. The Hall–Kier alpha value is -3.32. The van der Waals surface area contributed by atoms with E-state index in [1.807, 2.05) is 24.3 Å². The minimum absolute atomic E-state index is 0.233. The summed E-state index contributed by atoms with van der Waals surface area (Å²) >= 11 is 0. The number of nitrogens with zero attached hydrogens (tertiary/aromatic N) is 3. The molecule has 0 fully saturated rings. The van der Waals surface area contributed by atoms with Crippen LogP contribution in [0.1, 0.15) is 11.1 Å². The molecule has 0 atom stereocenters. The van der Waals surface area contributed by atoms with E-state index in [4.69, 9.17) is 9.47 Å². The second kappa shape index (κ2) is 9.04. The smallest absolute Gasteiger partial charge is 0.349 e. The predicted molar refractivity (Wildman–Crippen MR) is 126 cm³/mol. The van der Waals surface area contributed by atoms with Crippen LogP contribution in [0.3, 0.4) is 0 Å². The van der Waals surface area contributed by atoms with Crippen LogP contribution in [0, 0.1) is 0 Å². The number of anilines is 1. The van der Waals surface area contributed by atoms with E-state index in [1.165, 1.54) is 5.56 Å². The van der Waals surface area contributed by atoms with E-state index >= 15 is 0 Å². The number of ether oxygens (including phenoxy) is 2. The highest BCUT2D eigenvalue weighted by atomic mass is 16.5. The number of aromatic nitrogens is 2. The maximum Gasteiger partial charge on any atom is 0.349 e. The van der Waals surface area contributed by atoms with Gasteiger partial charge in [-0.1, -0.05) is 30.3 Å². The van der Waals surface area contributed by atoms with Crippen molar-refractivity contribution in [2.45, 2.75) is 19.5 Å². The van der Waals surface area contributed by atoms with Gasteiger partial charge in [0.05, 0.1) is 47.1 Å². The maximum absolute atomic E-state index is 12.7. The third-order valence-corrected chi connectivity index (χ3v) is 5.98. The Morgan fingerprint density at radius 3 is 2.50 bits per heavy atom. The van der Waals surface area contributed by atoms with Crippen LogP contribution in [0.15, 0.2) is 53.3 Å². The number of quaternary nitrogens is 1. The number of benzene rings is 2. The molecule has 0 spiro atoms. The van der Waals surface area contributed by atoms with E-state index in [9.17, 15) is 4.79 Å². The van der Waals surface area contributed by atoms with Crippen molar-refractivity contribution in [2.75, 3.05) is 46.7 Å². The van der Waals surface area contributed by atoms with Gasteiger partial charge >= 0.3 is 5.69 Å². The number of rotatable bonds is 8. The lowest BCUT2D eigenvalue weighted by Crippen LogP contribution is -2.42. The summed E-state index contributed by atoms with van der Waals surface area (Å²) in [5.41, 5.74) is 4.05. The second-order valence-electron chi connectivity index (χ2n) is 8.80. The van der Waals surface area contributed by atoms with Gasteiger partial charge in [-0.05, 0) is 24.1 Å². The minimum Gasteiger partial charge on any atom is -0.493 e. The Balaban J connectivity index is 1.53. The molecular weight excluding hydrogens is 404 g/mol. The van der Waals surface area contributed by atoms with Crippen LogP contribution in [0.4, 0.5) is 5.82 Å². The molecule has 32 heavy (non-hydrogen) atoms. The van der Waals surface area contributed by atoms with E-state index in [0.29, 0.717) is 30.4 Å². The molecule has 2 heterocycles. The summed E-state index contributed by atoms with van der Waals surface area (Å²) in [5, 5.41) is 3.36. The fourth-order valence-electron chi connectivity index (χ4n) is 4.28. The highest BCUT2D eigenvalue weighted by molar-refractivity contribution is 5.71. The van der Waals surface area contributed by atoms with Gasteiger partial charge in [-0.3, -0.25) is 4.57 Å². The van der Waals surface area contributed by atoms with Gasteiger partial charge in [0.25, 0.3) is 0 Å². The van der Waals surface area contributed by atoms with Crippen LogP contribution in [0.25, 0.3) is 11.3 Å². The summed E-state index contributed by atoms with van der Waals surface area (Å²) in [4.78, 5) is 17.0. The highest BCUT2D eigenvalue weighted by Gasteiger charge is 2.22. The van der Waals surface area contributed by atoms with Crippen molar-refractivity contribution in [1.29, 1.82) is 0 Å². The maximum atomic E-state index is 12.7.